The highest BCUT2D eigenvalue weighted by Gasteiger charge is 2.25. The molecule has 1 aliphatic rings. The van der Waals surface area contributed by atoms with E-state index in [0.717, 1.165) is 36.9 Å². The van der Waals surface area contributed by atoms with Gasteiger partial charge in [-0.15, -0.1) is 0 Å². The van der Waals surface area contributed by atoms with Gasteiger partial charge < -0.3 is 14.7 Å². The Hall–Kier alpha value is -2.37. The number of halogens is 1. The molecule has 0 unspecified atom stereocenters. The number of aryl methyl sites for hydroxylation is 1. The fourth-order valence-corrected chi connectivity index (χ4v) is 3.68. The lowest BCUT2D eigenvalue weighted by Crippen LogP contribution is -2.44. The Morgan fingerprint density at radius 1 is 1.30 bits per heavy atom. The van der Waals surface area contributed by atoms with Gasteiger partial charge in [0.15, 0.2) is 0 Å². The largest absolute Gasteiger partial charge is 0.369 e. The lowest BCUT2D eigenvalue weighted by Gasteiger charge is -2.34. The zero-order chi connectivity index (χ0) is 19.4. The highest BCUT2D eigenvalue weighted by molar-refractivity contribution is 5.91. The molecule has 3 rings (SSSR count). The molecule has 1 aromatic heterocycles. The van der Waals surface area contributed by atoms with E-state index in [-0.39, 0.29) is 23.5 Å². The van der Waals surface area contributed by atoms with Crippen LogP contribution < -0.4 is 10.2 Å². The van der Waals surface area contributed by atoms with Crippen molar-refractivity contribution in [3.63, 3.8) is 0 Å². The maximum atomic E-state index is 14.1. The zero-order valence-corrected chi connectivity index (χ0v) is 16.3. The van der Waals surface area contributed by atoms with Crippen LogP contribution in [0.25, 0.3) is 0 Å². The summed E-state index contributed by atoms with van der Waals surface area (Å²) in [5, 5.41) is 7.08. The van der Waals surface area contributed by atoms with Crippen LogP contribution in [0.2, 0.25) is 0 Å². The average Bonchev–Trinajstić information content (AvgIpc) is 3.15. The fraction of sp³-hybridized carbons (Fsp3) is 0.524. The molecule has 1 N–H and O–H groups in total. The Labute approximate surface area is 159 Å². The normalized spacial score (nSPS) is 15.4. The maximum absolute atomic E-state index is 14.1. The Balaban J connectivity index is 1.56. The van der Waals surface area contributed by atoms with Crippen molar-refractivity contribution in [1.29, 1.82) is 0 Å². The molecule has 0 aliphatic carbocycles. The second kappa shape index (κ2) is 8.55. The Kier molecular flexibility index (Phi) is 6.14. The van der Waals surface area contributed by atoms with Gasteiger partial charge >= 0.3 is 0 Å². The van der Waals surface area contributed by atoms with Crippen LogP contribution in [0.5, 0.6) is 0 Å². The Bertz CT molecular complexity index is 777. The maximum Gasteiger partial charge on any atom is 0.290 e. The van der Waals surface area contributed by atoms with Crippen LogP contribution >= 0.6 is 0 Å². The molecule has 0 radical (unpaired) electrons. The summed E-state index contributed by atoms with van der Waals surface area (Å²) in [6, 6.07) is 6.98. The lowest BCUT2D eigenvalue weighted by atomic mass is 9.99. The van der Waals surface area contributed by atoms with Crippen molar-refractivity contribution < 1.29 is 13.7 Å². The van der Waals surface area contributed by atoms with E-state index >= 15 is 0 Å². The standard InChI is InChI=1S/C21H28FN3O2/c1-4-15(5-2)18-13-20(27-24-18)21(26)23-16-8-10-25(11-9-16)19-12-14(3)6-7-17(19)22/h6-7,12-13,15-16H,4-5,8-11H2,1-3H3,(H,23,26). The molecule has 1 saturated heterocycles. The number of hydrogen-bond donors (Lipinski definition) is 1. The number of benzene rings is 1. The quantitative estimate of drug-likeness (QED) is 0.814. The molecule has 1 aromatic carbocycles. The van der Waals surface area contributed by atoms with E-state index in [1.54, 1.807) is 12.1 Å². The van der Waals surface area contributed by atoms with Gasteiger partial charge in [-0.3, -0.25) is 4.79 Å². The number of hydrogen-bond acceptors (Lipinski definition) is 4. The van der Waals surface area contributed by atoms with Gasteiger partial charge in [-0.2, -0.15) is 0 Å². The van der Waals surface area contributed by atoms with Crippen LogP contribution in [0.1, 0.15) is 67.3 Å². The molecule has 0 atom stereocenters. The van der Waals surface area contributed by atoms with Crippen molar-refractivity contribution in [1.82, 2.24) is 10.5 Å². The van der Waals surface area contributed by atoms with Crippen LogP contribution in [0.4, 0.5) is 10.1 Å². The number of amides is 1. The number of rotatable bonds is 6. The molecule has 0 spiro atoms. The Morgan fingerprint density at radius 2 is 2.00 bits per heavy atom. The van der Waals surface area contributed by atoms with E-state index in [2.05, 4.69) is 24.3 Å². The molecule has 6 heteroatoms. The van der Waals surface area contributed by atoms with Gasteiger partial charge in [0.25, 0.3) is 5.91 Å². The number of anilines is 1. The fourth-order valence-electron chi connectivity index (χ4n) is 3.68. The summed E-state index contributed by atoms with van der Waals surface area (Å²) in [4.78, 5) is 14.5. The van der Waals surface area contributed by atoms with Crippen molar-refractivity contribution >= 4 is 11.6 Å². The molecule has 0 saturated carbocycles. The molecule has 1 fully saturated rings. The van der Waals surface area contributed by atoms with Crippen LogP contribution in [0.3, 0.4) is 0 Å². The molecular weight excluding hydrogens is 345 g/mol. The lowest BCUT2D eigenvalue weighted by molar-refractivity contribution is 0.0893. The molecule has 146 valence electrons. The summed E-state index contributed by atoms with van der Waals surface area (Å²) in [6.45, 7) is 7.59. The first kappa shape index (κ1) is 19.4. The van der Waals surface area contributed by atoms with Crippen molar-refractivity contribution in [3.8, 4) is 0 Å². The summed E-state index contributed by atoms with van der Waals surface area (Å²) in [5.41, 5.74) is 2.53. The number of nitrogens with zero attached hydrogens (tertiary/aromatic N) is 2. The van der Waals surface area contributed by atoms with E-state index in [1.165, 1.54) is 6.07 Å². The molecule has 1 amide bonds. The van der Waals surface area contributed by atoms with Crippen LogP contribution in [-0.4, -0.2) is 30.2 Å². The first-order chi connectivity index (χ1) is 13.0. The first-order valence-electron chi connectivity index (χ1n) is 9.80. The molecule has 27 heavy (non-hydrogen) atoms. The zero-order valence-electron chi connectivity index (χ0n) is 16.3. The number of carbonyl (C=O) groups excluding carboxylic acids is 1. The van der Waals surface area contributed by atoms with E-state index in [4.69, 9.17) is 4.52 Å². The third-order valence-corrected chi connectivity index (χ3v) is 5.43. The van der Waals surface area contributed by atoms with Crippen LogP contribution in [-0.2, 0) is 0 Å². The minimum atomic E-state index is -0.222. The van der Waals surface area contributed by atoms with E-state index in [9.17, 15) is 9.18 Å². The monoisotopic (exact) mass is 373 g/mol. The van der Waals surface area contributed by atoms with Gasteiger partial charge in [-0.1, -0.05) is 25.1 Å². The predicted molar refractivity (Wildman–Crippen MR) is 104 cm³/mol. The number of nitrogens with one attached hydrogen (secondary N) is 1. The van der Waals surface area contributed by atoms with Gasteiger partial charge in [0.05, 0.1) is 11.4 Å². The smallest absolute Gasteiger partial charge is 0.290 e. The first-order valence-corrected chi connectivity index (χ1v) is 9.80. The number of piperidine rings is 1. The van der Waals surface area contributed by atoms with Crippen molar-refractivity contribution in [3.05, 3.63) is 47.1 Å². The van der Waals surface area contributed by atoms with Crippen molar-refractivity contribution in [2.75, 3.05) is 18.0 Å². The third kappa shape index (κ3) is 4.49. The second-order valence-electron chi connectivity index (χ2n) is 7.32. The van der Waals surface area contributed by atoms with Gasteiger partial charge in [-0.25, -0.2) is 4.39 Å². The van der Waals surface area contributed by atoms with E-state index in [1.807, 2.05) is 17.9 Å². The van der Waals surface area contributed by atoms with Gasteiger partial charge in [-0.05, 0) is 50.3 Å². The number of aromatic nitrogens is 1. The SMILES string of the molecule is CCC(CC)c1cc(C(=O)NC2CCN(c3cc(C)ccc3F)CC2)on1. The van der Waals surface area contributed by atoms with Gasteiger partial charge in [0.2, 0.25) is 5.76 Å². The summed E-state index contributed by atoms with van der Waals surface area (Å²) in [7, 11) is 0. The third-order valence-electron chi connectivity index (χ3n) is 5.43. The molecule has 2 heterocycles. The van der Waals surface area contributed by atoms with E-state index in [0.29, 0.717) is 24.7 Å². The highest BCUT2D eigenvalue weighted by Crippen LogP contribution is 2.25. The van der Waals surface area contributed by atoms with Gasteiger partial charge in [0.1, 0.15) is 5.82 Å². The summed E-state index contributed by atoms with van der Waals surface area (Å²) in [5.74, 6) is 0.172. The van der Waals surface area contributed by atoms with Crippen molar-refractivity contribution in [2.24, 2.45) is 0 Å². The van der Waals surface area contributed by atoms with Crippen molar-refractivity contribution in [2.45, 2.75) is 58.4 Å². The summed E-state index contributed by atoms with van der Waals surface area (Å²) < 4.78 is 19.3. The van der Waals surface area contributed by atoms with Gasteiger partial charge in [0, 0.05) is 31.1 Å². The van der Waals surface area contributed by atoms with E-state index < -0.39 is 0 Å². The van der Waals surface area contributed by atoms with Crippen LogP contribution in [0.15, 0.2) is 28.8 Å². The molecule has 5 nitrogen and oxygen atoms in total. The summed E-state index contributed by atoms with van der Waals surface area (Å²) >= 11 is 0. The Morgan fingerprint density at radius 3 is 2.67 bits per heavy atom. The molecule has 0 bridgehead atoms. The summed E-state index contributed by atoms with van der Waals surface area (Å²) in [6.07, 6.45) is 3.48. The number of carbonyl (C=O) groups is 1. The topological polar surface area (TPSA) is 58.4 Å². The predicted octanol–water partition coefficient (Wildman–Crippen LogP) is 4.42. The van der Waals surface area contributed by atoms with Crippen LogP contribution in [0, 0.1) is 12.7 Å². The molecular formula is C21H28FN3O2. The minimum absolute atomic E-state index is 0.0586. The minimum Gasteiger partial charge on any atom is -0.369 e. The second-order valence-corrected chi connectivity index (χ2v) is 7.32. The highest BCUT2D eigenvalue weighted by atomic mass is 19.1. The molecule has 1 aliphatic heterocycles. The molecule has 2 aromatic rings. The average molecular weight is 373 g/mol.